The van der Waals surface area contributed by atoms with Crippen LogP contribution in [0.5, 0.6) is 0 Å². The molecule has 2 aromatic rings. The van der Waals surface area contributed by atoms with E-state index in [1.165, 1.54) is 5.56 Å². The van der Waals surface area contributed by atoms with Gasteiger partial charge in [0.05, 0.1) is 4.90 Å². The Balaban J connectivity index is 1.80. The van der Waals surface area contributed by atoms with Gasteiger partial charge in [-0.2, -0.15) is 11.3 Å². The van der Waals surface area contributed by atoms with Crippen molar-refractivity contribution in [2.45, 2.75) is 31.5 Å². The fraction of sp³-hybridized carbons (Fsp3) is 0.286. The Kier molecular flexibility index (Phi) is 3.64. The monoisotopic (exact) mass is 308 g/mol. The van der Waals surface area contributed by atoms with E-state index in [0.717, 1.165) is 29.8 Å². The number of sulfonamides is 1. The highest BCUT2D eigenvalue weighted by atomic mass is 32.2. The van der Waals surface area contributed by atoms with E-state index >= 15 is 0 Å². The van der Waals surface area contributed by atoms with Crippen LogP contribution in [0.25, 0.3) is 0 Å². The average molecular weight is 308 g/mol. The third kappa shape index (κ3) is 2.64. The number of hydrogen-bond donors (Lipinski definition) is 2. The van der Waals surface area contributed by atoms with Crippen LogP contribution in [0.2, 0.25) is 0 Å². The molecule has 0 spiro atoms. The molecule has 106 valence electrons. The van der Waals surface area contributed by atoms with E-state index in [4.69, 9.17) is 0 Å². The maximum absolute atomic E-state index is 12.3. The minimum atomic E-state index is -3.45. The molecular weight excluding hydrogens is 292 g/mol. The Hall–Kier alpha value is -1.21. The highest BCUT2D eigenvalue weighted by Gasteiger charge is 2.18. The Labute approximate surface area is 122 Å². The first-order chi connectivity index (χ1) is 9.56. The molecule has 2 N–H and O–H groups in total. The first kappa shape index (κ1) is 13.8. The van der Waals surface area contributed by atoms with E-state index in [9.17, 15) is 8.42 Å². The Bertz CT molecular complexity index is 735. The van der Waals surface area contributed by atoms with Crippen molar-refractivity contribution in [1.82, 2.24) is 10.0 Å². The van der Waals surface area contributed by atoms with Gasteiger partial charge in [-0.25, -0.2) is 13.1 Å². The van der Waals surface area contributed by atoms with E-state index in [1.807, 2.05) is 23.8 Å². The van der Waals surface area contributed by atoms with Gasteiger partial charge in [0.25, 0.3) is 0 Å². The SMILES string of the molecule is Cc1cscc1CNS(=O)(=O)c1ccc2c(c1)CNC2. The summed E-state index contributed by atoms with van der Waals surface area (Å²) in [5, 5.41) is 7.21. The van der Waals surface area contributed by atoms with Gasteiger partial charge in [-0.15, -0.1) is 0 Å². The standard InChI is InChI=1S/C14H16N2O2S2/c1-10-8-19-9-13(10)7-16-20(17,18)14-3-2-11-5-15-6-12(11)4-14/h2-4,8-9,15-16H,5-7H2,1H3. The number of benzene rings is 1. The van der Waals surface area contributed by atoms with Gasteiger partial charge in [0.1, 0.15) is 0 Å². The van der Waals surface area contributed by atoms with Crippen molar-refractivity contribution < 1.29 is 8.42 Å². The molecule has 20 heavy (non-hydrogen) atoms. The Morgan fingerprint density at radius 2 is 2.05 bits per heavy atom. The molecule has 0 aliphatic carbocycles. The van der Waals surface area contributed by atoms with Crippen molar-refractivity contribution in [3.05, 3.63) is 51.2 Å². The fourth-order valence-electron chi connectivity index (χ4n) is 2.26. The van der Waals surface area contributed by atoms with Crippen molar-refractivity contribution in [3.63, 3.8) is 0 Å². The highest BCUT2D eigenvalue weighted by Crippen LogP contribution is 2.20. The zero-order valence-electron chi connectivity index (χ0n) is 11.1. The third-order valence-electron chi connectivity index (χ3n) is 3.53. The molecule has 0 bridgehead atoms. The quantitative estimate of drug-likeness (QED) is 0.910. The maximum atomic E-state index is 12.3. The average Bonchev–Trinajstić information content (AvgIpc) is 3.04. The summed E-state index contributed by atoms with van der Waals surface area (Å²) in [4.78, 5) is 0.341. The van der Waals surface area contributed by atoms with E-state index < -0.39 is 10.0 Å². The molecule has 1 aliphatic heterocycles. The molecule has 1 aromatic heterocycles. The van der Waals surface area contributed by atoms with E-state index in [-0.39, 0.29) is 0 Å². The predicted octanol–water partition coefficient (Wildman–Crippen LogP) is 2.14. The van der Waals surface area contributed by atoms with Gasteiger partial charge in [0.15, 0.2) is 0 Å². The Morgan fingerprint density at radius 1 is 1.25 bits per heavy atom. The maximum Gasteiger partial charge on any atom is 0.240 e. The Morgan fingerprint density at radius 3 is 2.80 bits per heavy atom. The first-order valence-corrected chi connectivity index (χ1v) is 8.83. The second-order valence-electron chi connectivity index (χ2n) is 4.94. The molecule has 0 atom stereocenters. The zero-order valence-corrected chi connectivity index (χ0v) is 12.8. The smallest absolute Gasteiger partial charge is 0.240 e. The molecule has 6 heteroatoms. The van der Waals surface area contributed by atoms with Gasteiger partial charge in [-0.1, -0.05) is 6.07 Å². The third-order valence-corrected chi connectivity index (χ3v) is 5.84. The summed E-state index contributed by atoms with van der Waals surface area (Å²) in [6.45, 7) is 3.88. The fourth-order valence-corrected chi connectivity index (χ4v) is 4.18. The van der Waals surface area contributed by atoms with Crippen LogP contribution in [0.3, 0.4) is 0 Å². The van der Waals surface area contributed by atoms with Crippen LogP contribution >= 0.6 is 11.3 Å². The van der Waals surface area contributed by atoms with Crippen molar-refractivity contribution in [3.8, 4) is 0 Å². The van der Waals surface area contributed by atoms with Gasteiger partial charge in [0.2, 0.25) is 10.0 Å². The topological polar surface area (TPSA) is 58.2 Å². The van der Waals surface area contributed by atoms with Crippen LogP contribution in [0, 0.1) is 6.92 Å². The summed E-state index contributed by atoms with van der Waals surface area (Å²) in [6, 6.07) is 5.33. The molecule has 1 aliphatic rings. The molecule has 2 heterocycles. The molecule has 0 fully saturated rings. The lowest BCUT2D eigenvalue weighted by Gasteiger charge is -2.08. The minimum absolute atomic E-state index is 0.340. The summed E-state index contributed by atoms with van der Waals surface area (Å²) in [5.41, 5.74) is 4.40. The lowest BCUT2D eigenvalue weighted by atomic mass is 10.1. The van der Waals surface area contributed by atoms with Crippen LogP contribution in [0.4, 0.5) is 0 Å². The largest absolute Gasteiger partial charge is 0.309 e. The van der Waals surface area contributed by atoms with E-state index in [2.05, 4.69) is 10.0 Å². The molecule has 4 nitrogen and oxygen atoms in total. The summed E-state index contributed by atoms with van der Waals surface area (Å²) < 4.78 is 27.3. The molecule has 0 saturated heterocycles. The molecule has 3 rings (SSSR count). The van der Waals surface area contributed by atoms with Crippen LogP contribution in [0.1, 0.15) is 22.3 Å². The molecule has 0 saturated carbocycles. The summed E-state index contributed by atoms with van der Waals surface area (Å²) >= 11 is 1.59. The van der Waals surface area contributed by atoms with Gasteiger partial charge in [-0.3, -0.25) is 0 Å². The zero-order chi connectivity index (χ0) is 14.2. The normalized spacial score (nSPS) is 14.4. The minimum Gasteiger partial charge on any atom is -0.309 e. The summed E-state index contributed by atoms with van der Waals surface area (Å²) in [6.07, 6.45) is 0. The van der Waals surface area contributed by atoms with Crippen molar-refractivity contribution >= 4 is 21.4 Å². The summed E-state index contributed by atoms with van der Waals surface area (Å²) in [5.74, 6) is 0. The van der Waals surface area contributed by atoms with Crippen LogP contribution < -0.4 is 10.0 Å². The van der Waals surface area contributed by atoms with Crippen LogP contribution in [0.15, 0.2) is 33.9 Å². The van der Waals surface area contributed by atoms with Crippen molar-refractivity contribution in [2.75, 3.05) is 0 Å². The first-order valence-electron chi connectivity index (χ1n) is 6.40. The second kappa shape index (κ2) is 5.29. The highest BCUT2D eigenvalue weighted by molar-refractivity contribution is 7.89. The molecular formula is C14H16N2O2S2. The van der Waals surface area contributed by atoms with Crippen molar-refractivity contribution in [2.24, 2.45) is 0 Å². The number of nitrogens with one attached hydrogen (secondary N) is 2. The van der Waals surface area contributed by atoms with E-state index in [0.29, 0.717) is 11.4 Å². The van der Waals surface area contributed by atoms with Crippen molar-refractivity contribution in [1.29, 1.82) is 0 Å². The number of rotatable bonds is 4. The van der Waals surface area contributed by atoms with Gasteiger partial charge in [0, 0.05) is 19.6 Å². The lowest BCUT2D eigenvalue weighted by molar-refractivity contribution is 0.581. The number of hydrogen-bond acceptors (Lipinski definition) is 4. The molecule has 0 amide bonds. The van der Waals surface area contributed by atoms with Crippen LogP contribution in [-0.4, -0.2) is 8.42 Å². The molecule has 0 unspecified atom stereocenters. The number of fused-ring (bicyclic) bond motifs is 1. The van der Waals surface area contributed by atoms with E-state index in [1.54, 1.807) is 23.5 Å². The number of thiophene rings is 1. The van der Waals surface area contributed by atoms with Gasteiger partial charge in [-0.05, 0) is 52.1 Å². The van der Waals surface area contributed by atoms with Gasteiger partial charge < -0.3 is 5.32 Å². The van der Waals surface area contributed by atoms with Crippen LogP contribution in [-0.2, 0) is 29.7 Å². The van der Waals surface area contributed by atoms with Gasteiger partial charge >= 0.3 is 0 Å². The number of aryl methyl sites for hydroxylation is 1. The molecule has 1 aromatic carbocycles. The second-order valence-corrected chi connectivity index (χ2v) is 7.45. The lowest BCUT2D eigenvalue weighted by Crippen LogP contribution is -2.23. The predicted molar refractivity (Wildman–Crippen MR) is 80.1 cm³/mol. The molecule has 0 radical (unpaired) electrons. The summed E-state index contributed by atoms with van der Waals surface area (Å²) in [7, 11) is -3.45.